The molecule has 2 rings (SSSR count). The molecule has 0 bridgehead atoms. The molecule has 0 atom stereocenters. The summed E-state index contributed by atoms with van der Waals surface area (Å²) in [6.07, 6.45) is 1.65. The predicted molar refractivity (Wildman–Crippen MR) is 78.8 cm³/mol. The largest absolute Gasteiger partial charge is 0.478 e. The molecular formula is C13H13N3O4S. The molecule has 7 nitrogen and oxygen atoms in total. The Balaban J connectivity index is 2.44. The van der Waals surface area contributed by atoms with Crippen LogP contribution < -0.4 is 5.32 Å². The second-order valence-electron chi connectivity index (χ2n) is 4.88. The van der Waals surface area contributed by atoms with Crippen LogP contribution in [0.2, 0.25) is 0 Å². The molecule has 1 aromatic carbocycles. The first-order valence-electron chi connectivity index (χ1n) is 6.01. The summed E-state index contributed by atoms with van der Waals surface area (Å²) >= 11 is 1.42. The molecule has 0 radical (unpaired) electrons. The van der Waals surface area contributed by atoms with Crippen molar-refractivity contribution in [3.8, 4) is 0 Å². The first-order valence-corrected chi connectivity index (χ1v) is 6.89. The minimum atomic E-state index is -1.15. The molecule has 0 saturated carbocycles. The third-order valence-electron chi connectivity index (χ3n) is 2.86. The fourth-order valence-electron chi connectivity index (χ4n) is 1.86. The molecule has 0 spiro atoms. The second-order valence-corrected chi connectivity index (χ2v) is 5.77. The van der Waals surface area contributed by atoms with E-state index in [0.29, 0.717) is 0 Å². The van der Waals surface area contributed by atoms with Crippen molar-refractivity contribution in [2.45, 2.75) is 19.4 Å². The molecule has 0 fully saturated rings. The smallest absolute Gasteiger partial charge is 0.337 e. The van der Waals surface area contributed by atoms with E-state index < -0.39 is 16.4 Å². The van der Waals surface area contributed by atoms with E-state index in [1.807, 2.05) is 19.2 Å². The van der Waals surface area contributed by atoms with Crippen LogP contribution in [0.5, 0.6) is 0 Å². The average molecular weight is 307 g/mol. The molecule has 0 unspecified atom stereocenters. The van der Waals surface area contributed by atoms with Gasteiger partial charge in [0, 0.05) is 23.7 Å². The number of carbonyl (C=O) groups is 1. The number of aromatic nitrogens is 1. The van der Waals surface area contributed by atoms with Crippen LogP contribution in [0.4, 0.5) is 11.4 Å². The third kappa shape index (κ3) is 3.16. The van der Waals surface area contributed by atoms with Crippen molar-refractivity contribution < 1.29 is 14.8 Å². The van der Waals surface area contributed by atoms with Crippen molar-refractivity contribution in [1.29, 1.82) is 0 Å². The van der Waals surface area contributed by atoms with E-state index in [2.05, 4.69) is 10.3 Å². The number of aromatic carboxylic acids is 1. The highest BCUT2D eigenvalue weighted by atomic mass is 32.1. The molecule has 1 heterocycles. The average Bonchev–Trinajstić information content (AvgIpc) is 2.92. The van der Waals surface area contributed by atoms with Gasteiger partial charge in [-0.1, -0.05) is 0 Å². The Morgan fingerprint density at radius 3 is 2.71 bits per heavy atom. The SMILES string of the molecule is CC(C)(Nc1cc([N+](=O)[O-])ccc1C(=O)O)c1nccs1. The number of anilines is 1. The zero-order valence-electron chi connectivity index (χ0n) is 11.4. The Bertz CT molecular complexity index is 683. The Hall–Kier alpha value is -2.48. The van der Waals surface area contributed by atoms with Crippen molar-refractivity contribution in [3.63, 3.8) is 0 Å². The maximum absolute atomic E-state index is 11.3. The van der Waals surface area contributed by atoms with E-state index in [1.165, 1.54) is 29.5 Å². The highest BCUT2D eigenvalue weighted by molar-refractivity contribution is 7.09. The van der Waals surface area contributed by atoms with Gasteiger partial charge in [0.2, 0.25) is 0 Å². The summed E-state index contributed by atoms with van der Waals surface area (Å²) in [5, 5.41) is 25.6. The van der Waals surface area contributed by atoms with Gasteiger partial charge in [0.1, 0.15) is 5.01 Å². The quantitative estimate of drug-likeness (QED) is 0.649. The van der Waals surface area contributed by atoms with Gasteiger partial charge in [-0.3, -0.25) is 10.1 Å². The van der Waals surface area contributed by atoms with Crippen molar-refractivity contribution in [1.82, 2.24) is 4.98 Å². The van der Waals surface area contributed by atoms with Crippen LogP contribution in [0, 0.1) is 10.1 Å². The standard InChI is InChI=1S/C13H13N3O4S/c1-13(2,12-14-5-6-21-12)15-10-7-8(16(19)20)3-4-9(10)11(17)18/h3-7,15H,1-2H3,(H,17,18). The number of carboxylic acid groups (broad SMARTS) is 1. The highest BCUT2D eigenvalue weighted by Gasteiger charge is 2.26. The monoisotopic (exact) mass is 307 g/mol. The Morgan fingerprint density at radius 2 is 2.19 bits per heavy atom. The fraction of sp³-hybridized carbons (Fsp3) is 0.231. The topological polar surface area (TPSA) is 105 Å². The van der Waals surface area contributed by atoms with E-state index in [0.717, 1.165) is 5.01 Å². The number of nitro groups is 1. The fourth-order valence-corrected chi connectivity index (χ4v) is 2.58. The maximum Gasteiger partial charge on any atom is 0.337 e. The molecule has 21 heavy (non-hydrogen) atoms. The van der Waals surface area contributed by atoms with Gasteiger partial charge in [0.15, 0.2) is 0 Å². The lowest BCUT2D eigenvalue weighted by atomic mass is 10.0. The number of rotatable bonds is 5. The molecule has 2 aromatic rings. The second kappa shape index (κ2) is 5.49. The summed E-state index contributed by atoms with van der Waals surface area (Å²) in [5.41, 5.74) is -0.646. The molecule has 8 heteroatoms. The number of benzene rings is 1. The lowest BCUT2D eigenvalue weighted by molar-refractivity contribution is -0.384. The van der Waals surface area contributed by atoms with Crippen LogP contribution in [0.3, 0.4) is 0 Å². The van der Waals surface area contributed by atoms with Gasteiger partial charge in [-0.05, 0) is 19.9 Å². The Kier molecular flexibility index (Phi) is 3.90. The summed E-state index contributed by atoms with van der Waals surface area (Å²) in [7, 11) is 0. The number of carboxylic acids is 1. The van der Waals surface area contributed by atoms with E-state index >= 15 is 0 Å². The minimum Gasteiger partial charge on any atom is -0.478 e. The maximum atomic E-state index is 11.3. The van der Waals surface area contributed by atoms with Crippen molar-refractivity contribution in [3.05, 3.63) is 50.5 Å². The van der Waals surface area contributed by atoms with Crippen LogP contribution in [-0.2, 0) is 5.54 Å². The van der Waals surface area contributed by atoms with Crippen molar-refractivity contribution in [2.24, 2.45) is 0 Å². The first-order chi connectivity index (χ1) is 9.81. The lowest BCUT2D eigenvalue weighted by Crippen LogP contribution is -2.28. The van der Waals surface area contributed by atoms with Gasteiger partial charge in [-0.25, -0.2) is 9.78 Å². The summed E-state index contributed by atoms with van der Waals surface area (Å²) in [5.74, 6) is -1.15. The molecular weight excluding hydrogens is 294 g/mol. The van der Waals surface area contributed by atoms with Crippen LogP contribution in [0.15, 0.2) is 29.8 Å². The van der Waals surface area contributed by atoms with Gasteiger partial charge in [-0.15, -0.1) is 11.3 Å². The number of hydrogen-bond donors (Lipinski definition) is 2. The first kappa shape index (κ1) is 14.9. The number of nitro benzene ring substituents is 1. The molecule has 2 N–H and O–H groups in total. The number of nitrogens with zero attached hydrogens (tertiary/aromatic N) is 2. The third-order valence-corrected chi connectivity index (χ3v) is 3.96. The van der Waals surface area contributed by atoms with Crippen molar-refractivity contribution >= 4 is 28.7 Å². The molecule has 0 aliphatic heterocycles. The molecule has 0 amide bonds. The summed E-state index contributed by atoms with van der Waals surface area (Å²) < 4.78 is 0. The van der Waals surface area contributed by atoms with E-state index in [4.69, 9.17) is 0 Å². The highest BCUT2D eigenvalue weighted by Crippen LogP contribution is 2.31. The minimum absolute atomic E-state index is 0.0229. The molecule has 1 aromatic heterocycles. The Labute approximate surface area is 124 Å². The van der Waals surface area contributed by atoms with Gasteiger partial charge in [0.25, 0.3) is 5.69 Å². The predicted octanol–water partition coefficient (Wildman–Crippen LogP) is 3.10. The molecule has 0 aliphatic rings. The summed E-state index contributed by atoms with van der Waals surface area (Å²) in [6, 6.07) is 3.62. The molecule has 0 aliphatic carbocycles. The lowest BCUT2D eigenvalue weighted by Gasteiger charge is -2.26. The van der Waals surface area contributed by atoms with E-state index in [1.54, 1.807) is 6.20 Å². The molecule has 0 saturated heterocycles. The normalized spacial score (nSPS) is 11.1. The van der Waals surface area contributed by atoms with Gasteiger partial charge in [-0.2, -0.15) is 0 Å². The molecule has 110 valence electrons. The summed E-state index contributed by atoms with van der Waals surface area (Å²) in [4.78, 5) is 25.7. The van der Waals surface area contributed by atoms with E-state index in [9.17, 15) is 20.0 Å². The van der Waals surface area contributed by atoms with Crippen LogP contribution in [-0.4, -0.2) is 21.0 Å². The van der Waals surface area contributed by atoms with Gasteiger partial charge < -0.3 is 10.4 Å². The van der Waals surface area contributed by atoms with Gasteiger partial charge in [0.05, 0.1) is 21.7 Å². The van der Waals surface area contributed by atoms with Crippen molar-refractivity contribution in [2.75, 3.05) is 5.32 Å². The zero-order valence-corrected chi connectivity index (χ0v) is 12.2. The van der Waals surface area contributed by atoms with Crippen LogP contribution in [0.1, 0.15) is 29.2 Å². The number of thiazole rings is 1. The summed E-state index contributed by atoms with van der Waals surface area (Å²) in [6.45, 7) is 3.66. The van der Waals surface area contributed by atoms with Gasteiger partial charge >= 0.3 is 5.97 Å². The van der Waals surface area contributed by atoms with Crippen LogP contribution in [0.25, 0.3) is 0 Å². The van der Waals surface area contributed by atoms with E-state index in [-0.39, 0.29) is 16.9 Å². The zero-order chi connectivity index (χ0) is 15.6. The van der Waals surface area contributed by atoms with Crippen LogP contribution >= 0.6 is 11.3 Å². The number of hydrogen-bond acceptors (Lipinski definition) is 6. The number of nitrogens with one attached hydrogen (secondary N) is 1. The number of non-ortho nitro benzene ring substituents is 1. The Morgan fingerprint density at radius 1 is 1.48 bits per heavy atom.